The van der Waals surface area contributed by atoms with Crippen LogP contribution in [0, 0.1) is 6.92 Å². The van der Waals surface area contributed by atoms with E-state index in [1.807, 2.05) is 19.1 Å². The third-order valence-corrected chi connectivity index (χ3v) is 2.23. The Kier molecular flexibility index (Phi) is 2.19. The first-order valence-electron chi connectivity index (χ1n) is 4.69. The summed E-state index contributed by atoms with van der Waals surface area (Å²) in [5, 5.41) is 4.22. The first-order chi connectivity index (χ1) is 7.08. The molecule has 0 saturated heterocycles. The van der Waals surface area contributed by atoms with Crippen molar-refractivity contribution in [2.24, 2.45) is 7.05 Å². The van der Waals surface area contributed by atoms with Gasteiger partial charge in [0.15, 0.2) is 11.5 Å². The number of aryl methyl sites for hydroxylation is 2. The van der Waals surface area contributed by atoms with Gasteiger partial charge in [-0.25, -0.2) is 0 Å². The number of ketones is 1. The Labute approximate surface area is 87.5 Å². The molecular formula is C11H12N2O2. The minimum atomic E-state index is -0.000437. The summed E-state index contributed by atoms with van der Waals surface area (Å²) in [6, 6.07) is 5.46. The van der Waals surface area contributed by atoms with E-state index in [1.165, 1.54) is 6.92 Å². The van der Waals surface area contributed by atoms with E-state index in [4.69, 9.17) is 4.42 Å². The standard InChI is InChI=1S/C11H12N2O2/c1-7-4-5-11(15-7)9-6-10(8(2)14)13(3)12-9/h4-6H,1-3H3. The van der Waals surface area contributed by atoms with Crippen molar-refractivity contribution < 1.29 is 9.21 Å². The highest BCUT2D eigenvalue weighted by atomic mass is 16.3. The van der Waals surface area contributed by atoms with Crippen molar-refractivity contribution in [2.45, 2.75) is 13.8 Å². The molecule has 0 fully saturated rings. The second-order valence-corrected chi connectivity index (χ2v) is 3.50. The van der Waals surface area contributed by atoms with E-state index in [1.54, 1.807) is 17.8 Å². The molecule has 2 heterocycles. The maximum absolute atomic E-state index is 11.2. The van der Waals surface area contributed by atoms with Gasteiger partial charge in [-0.15, -0.1) is 0 Å². The molecule has 0 spiro atoms. The van der Waals surface area contributed by atoms with Gasteiger partial charge in [-0.1, -0.05) is 0 Å². The summed E-state index contributed by atoms with van der Waals surface area (Å²) in [6.45, 7) is 3.40. The van der Waals surface area contributed by atoms with Crippen LogP contribution in [-0.4, -0.2) is 15.6 Å². The van der Waals surface area contributed by atoms with Crippen molar-refractivity contribution in [3.63, 3.8) is 0 Å². The van der Waals surface area contributed by atoms with E-state index >= 15 is 0 Å². The molecule has 15 heavy (non-hydrogen) atoms. The fraction of sp³-hybridized carbons (Fsp3) is 0.273. The van der Waals surface area contributed by atoms with Crippen molar-refractivity contribution in [3.05, 3.63) is 29.7 Å². The monoisotopic (exact) mass is 204 g/mol. The predicted molar refractivity (Wildman–Crippen MR) is 55.7 cm³/mol. The second kappa shape index (κ2) is 3.38. The molecular weight excluding hydrogens is 192 g/mol. The third kappa shape index (κ3) is 1.70. The quantitative estimate of drug-likeness (QED) is 0.704. The van der Waals surface area contributed by atoms with Crippen LogP contribution >= 0.6 is 0 Å². The van der Waals surface area contributed by atoms with Crippen molar-refractivity contribution in [3.8, 4) is 11.5 Å². The van der Waals surface area contributed by atoms with Gasteiger partial charge in [0.2, 0.25) is 0 Å². The van der Waals surface area contributed by atoms with E-state index in [2.05, 4.69) is 5.10 Å². The predicted octanol–water partition coefficient (Wildman–Crippen LogP) is 2.19. The van der Waals surface area contributed by atoms with Crippen molar-refractivity contribution >= 4 is 5.78 Å². The molecule has 0 bridgehead atoms. The van der Waals surface area contributed by atoms with E-state index in [-0.39, 0.29) is 5.78 Å². The van der Waals surface area contributed by atoms with E-state index in [9.17, 15) is 4.79 Å². The molecule has 2 rings (SSSR count). The number of hydrogen-bond acceptors (Lipinski definition) is 3. The lowest BCUT2D eigenvalue weighted by Crippen LogP contribution is -2.02. The van der Waals surface area contributed by atoms with Gasteiger partial charge in [0, 0.05) is 14.0 Å². The minimum absolute atomic E-state index is 0.000437. The van der Waals surface area contributed by atoms with Crippen LogP contribution in [0.25, 0.3) is 11.5 Å². The molecule has 0 aliphatic carbocycles. The molecule has 4 nitrogen and oxygen atoms in total. The zero-order valence-electron chi connectivity index (χ0n) is 8.94. The number of hydrogen-bond donors (Lipinski definition) is 0. The Balaban J connectivity index is 2.46. The van der Waals surface area contributed by atoms with Crippen LogP contribution < -0.4 is 0 Å². The molecule has 0 saturated carbocycles. The summed E-state index contributed by atoms with van der Waals surface area (Å²) in [5.41, 5.74) is 1.27. The van der Waals surface area contributed by atoms with Crippen LogP contribution in [0.4, 0.5) is 0 Å². The smallest absolute Gasteiger partial charge is 0.177 e. The van der Waals surface area contributed by atoms with Crippen molar-refractivity contribution in [2.75, 3.05) is 0 Å². The molecule has 0 atom stereocenters. The zero-order valence-corrected chi connectivity index (χ0v) is 8.94. The maximum atomic E-state index is 11.2. The lowest BCUT2D eigenvalue weighted by atomic mass is 10.2. The highest BCUT2D eigenvalue weighted by Crippen LogP contribution is 2.21. The number of Topliss-reactive ketones (excluding diaryl/α,β-unsaturated/α-hetero) is 1. The number of carbonyl (C=O) groups is 1. The molecule has 78 valence electrons. The number of furan rings is 1. The second-order valence-electron chi connectivity index (χ2n) is 3.50. The molecule has 0 unspecified atom stereocenters. The van der Waals surface area contributed by atoms with E-state index in [0.29, 0.717) is 17.1 Å². The minimum Gasteiger partial charge on any atom is -0.460 e. The SMILES string of the molecule is CC(=O)c1cc(-c2ccc(C)o2)nn1C. The van der Waals surface area contributed by atoms with Gasteiger partial charge >= 0.3 is 0 Å². The summed E-state index contributed by atoms with van der Waals surface area (Å²) in [4.78, 5) is 11.2. The highest BCUT2D eigenvalue weighted by molar-refractivity contribution is 5.93. The number of rotatable bonds is 2. The van der Waals surface area contributed by atoms with Gasteiger partial charge in [-0.2, -0.15) is 5.10 Å². The lowest BCUT2D eigenvalue weighted by molar-refractivity contribution is 0.100. The highest BCUT2D eigenvalue weighted by Gasteiger charge is 2.12. The Morgan fingerprint density at radius 2 is 2.20 bits per heavy atom. The van der Waals surface area contributed by atoms with Gasteiger partial charge in [0.1, 0.15) is 17.1 Å². The molecule has 4 heteroatoms. The largest absolute Gasteiger partial charge is 0.460 e. The van der Waals surface area contributed by atoms with E-state index < -0.39 is 0 Å². The van der Waals surface area contributed by atoms with Crippen LogP contribution in [0.3, 0.4) is 0 Å². The lowest BCUT2D eigenvalue weighted by Gasteiger charge is -1.92. The number of carbonyl (C=O) groups excluding carboxylic acids is 1. The summed E-state index contributed by atoms with van der Waals surface area (Å²) < 4.78 is 7.00. The summed E-state index contributed by atoms with van der Waals surface area (Å²) in [5.74, 6) is 1.52. The Bertz CT molecular complexity index is 508. The van der Waals surface area contributed by atoms with Gasteiger partial charge in [-0.05, 0) is 25.1 Å². The molecule has 0 amide bonds. The average molecular weight is 204 g/mol. The van der Waals surface area contributed by atoms with Gasteiger partial charge < -0.3 is 4.42 Å². The topological polar surface area (TPSA) is 48.0 Å². The zero-order chi connectivity index (χ0) is 11.0. The fourth-order valence-corrected chi connectivity index (χ4v) is 1.49. The van der Waals surface area contributed by atoms with Gasteiger partial charge in [0.25, 0.3) is 0 Å². The maximum Gasteiger partial charge on any atom is 0.177 e. The molecule has 2 aromatic heterocycles. The van der Waals surface area contributed by atoms with E-state index in [0.717, 1.165) is 5.76 Å². The molecule has 0 aromatic carbocycles. The Morgan fingerprint density at radius 3 is 2.67 bits per heavy atom. The number of aromatic nitrogens is 2. The third-order valence-electron chi connectivity index (χ3n) is 2.23. The van der Waals surface area contributed by atoms with Crippen LogP contribution in [0.15, 0.2) is 22.6 Å². The van der Waals surface area contributed by atoms with Gasteiger partial charge in [0.05, 0.1) is 0 Å². The first kappa shape index (κ1) is 9.71. The molecule has 0 aliphatic heterocycles. The van der Waals surface area contributed by atoms with Gasteiger partial charge in [-0.3, -0.25) is 9.48 Å². The van der Waals surface area contributed by atoms with Crippen molar-refractivity contribution in [1.82, 2.24) is 9.78 Å². The van der Waals surface area contributed by atoms with Crippen LogP contribution in [-0.2, 0) is 7.05 Å². The normalized spacial score (nSPS) is 10.6. The van der Waals surface area contributed by atoms with Crippen molar-refractivity contribution in [1.29, 1.82) is 0 Å². The molecule has 0 aliphatic rings. The van der Waals surface area contributed by atoms with Crippen LogP contribution in [0.1, 0.15) is 23.2 Å². The summed E-state index contributed by atoms with van der Waals surface area (Å²) in [6.07, 6.45) is 0. The molecule has 2 aromatic rings. The Hall–Kier alpha value is -1.84. The average Bonchev–Trinajstić information content (AvgIpc) is 2.71. The molecule has 0 N–H and O–H groups in total. The molecule has 0 radical (unpaired) electrons. The van der Waals surface area contributed by atoms with Crippen LogP contribution in [0.5, 0.6) is 0 Å². The fourth-order valence-electron chi connectivity index (χ4n) is 1.49. The summed E-state index contributed by atoms with van der Waals surface area (Å²) in [7, 11) is 1.75. The first-order valence-corrected chi connectivity index (χ1v) is 4.69. The summed E-state index contributed by atoms with van der Waals surface area (Å²) >= 11 is 0. The Morgan fingerprint density at radius 1 is 1.47 bits per heavy atom. The van der Waals surface area contributed by atoms with Crippen LogP contribution in [0.2, 0.25) is 0 Å². The number of nitrogens with zero attached hydrogens (tertiary/aromatic N) is 2.